The molecule has 1 atom stereocenters. The molecule has 1 aliphatic heterocycles. The Morgan fingerprint density at radius 2 is 1.84 bits per heavy atom. The zero-order valence-electron chi connectivity index (χ0n) is 21.2. The molecule has 1 saturated heterocycles. The molecule has 0 spiro atoms. The molecule has 1 N–H and O–H groups in total. The zero-order valence-corrected chi connectivity index (χ0v) is 21.2. The van der Waals surface area contributed by atoms with Crippen LogP contribution < -0.4 is 10.1 Å². The number of fused-ring (bicyclic) bond motifs is 1. The lowest BCUT2D eigenvalue weighted by atomic mass is 9.92. The standard InChI is InChI=1S/C30H33N3O4/c1-19(20-5-6-20)36-30(34)32-22-9-7-21(8-10-22)29-27(18-31)26-17-25(37-24-13-15-35-16-14-24)11-12-28(26)33(29)23-3-2-4-23/h7-12,17,19-20,23-24H,2-6,13-16H2,1H3,(H,32,34). The van der Waals surface area contributed by atoms with Gasteiger partial charge in [-0.2, -0.15) is 5.26 Å². The summed E-state index contributed by atoms with van der Waals surface area (Å²) in [5.41, 5.74) is 4.29. The van der Waals surface area contributed by atoms with Crippen molar-refractivity contribution < 1.29 is 19.0 Å². The van der Waals surface area contributed by atoms with E-state index in [0.29, 0.717) is 23.2 Å². The van der Waals surface area contributed by atoms with Gasteiger partial charge in [0.15, 0.2) is 0 Å². The number of aromatic nitrogens is 1. The van der Waals surface area contributed by atoms with Crippen LogP contribution in [0.3, 0.4) is 0 Å². The van der Waals surface area contributed by atoms with Gasteiger partial charge in [0.2, 0.25) is 0 Å². The van der Waals surface area contributed by atoms with Crippen molar-refractivity contribution in [2.24, 2.45) is 5.92 Å². The van der Waals surface area contributed by atoms with Gasteiger partial charge < -0.3 is 18.8 Å². The first-order chi connectivity index (χ1) is 18.1. The van der Waals surface area contributed by atoms with Crippen molar-refractivity contribution in [1.29, 1.82) is 5.26 Å². The first-order valence-electron chi connectivity index (χ1n) is 13.5. The molecular weight excluding hydrogens is 466 g/mol. The molecule has 2 aromatic carbocycles. The summed E-state index contributed by atoms with van der Waals surface area (Å²) in [6, 6.07) is 16.7. The van der Waals surface area contributed by atoms with Gasteiger partial charge in [0.1, 0.15) is 24.0 Å². The van der Waals surface area contributed by atoms with Crippen LogP contribution in [-0.2, 0) is 9.47 Å². The molecule has 2 saturated carbocycles. The Labute approximate surface area is 217 Å². The molecule has 2 heterocycles. The van der Waals surface area contributed by atoms with E-state index in [1.165, 1.54) is 6.42 Å². The predicted octanol–water partition coefficient (Wildman–Crippen LogP) is 6.81. The minimum Gasteiger partial charge on any atom is -0.490 e. The molecule has 3 aliphatic rings. The van der Waals surface area contributed by atoms with Gasteiger partial charge in [0.25, 0.3) is 0 Å². The maximum atomic E-state index is 12.3. The summed E-state index contributed by atoms with van der Waals surface area (Å²) in [6.07, 6.45) is 7.08. The SMILES string of the molecule is CC(OC(=O)Nc1ccc(-c2c(C#N)c3cc(OC4CCOCC4)ccc3n2C2CCC2)cc1)C1CC1. The van der Waals surface area contributed by atoms with E-state index in [1.807, 2.05) is 43.3 Å². The summed E-state index contributed by atoms with van der Waals surface area (Å²) >= 11 is 0. The number of hydrogen-bond donors (Lipinski definition) is 1. The van der Waals surface area contributed by atoms with Gasteiger partial charge >= 0.3 is 6.09 Å². The molecule has 7 heteroatoms. The van der Waals surface area contributed by atoms with Crippen LogP contribution in [-0.4, -0.2) is 36.1 Å². The first kappa shape index (κ1) is 23.9. The van der Waals surface area contributed by atoms with E-state index in [9.17, 15) is 10.1 Å². The number of nitrogens with zero attached hydrogens (tertiary/aromatic N) is 2. The molecule has 192 valence electrons. The number of benzene rings is 2. The molecule has 37 heavy (non-hydrogen) atoms. The summed E-state index contributed by atoms with van der Waals surface area (Å²) in [5.74, 6) is 1.29. The Kier molecular flexibility index (Phi) is 6.52. The molecule has 1 amide bonds. The third-order valence-corrected chi connectivity index (χ3v) is 7.98. The Balaban J connectivity index is 1.30. The summed E-state index contributed by atoms with van der Waals surface area (Å²) < 4.78 is 19.6. The van der Waals surface area contributed by atoms with Crippen molar-refractivity contribution in [3.8, 4) is 23.1 Å². The average molecular weight is 500 g/mol. The van der Waals surface area contributed by atoms with Crippen LogP contribution in [0, 0.1) is 17.2 Å². The summed E-state index contributed by atoms with van der Waals surface area (Å²) in [6.45, 7) is 3.39. The van der Waals surface area contributed by atoms with Crippen LogP contribution in [0.5, 0.6) is 5.75 Å². The molecule has 1 aromatic heterocycles. The van der Waals surface area contributed by atoms with E-state index < -0.39 is 6.09 Å². The second-order valence-electron chi connectivity index (χ2n) is 10.5. The third kappa shape index (κ3) is 4.91. The summed E-state index contributed by atoms with van der Waals surface area (Å²) in [7, 11) is 0. The summed E-state index contributed by atoms with van der Waals surface area (Å²) in [5, 5.41) is 14.1. The second kappa shape index (κ2) is 10.1. The van der Waals surface area contributed by atoms with Crippen LogP contribution in [0.4, 0.5) is 10.5 Å². The number of nitrogens with one attached hydrogen (secondary N) is 1. The van der Waals surface area contributed by atoms with Gasteiger partial charge in [-0.1, -0.05) is 12.1 Å². The lowest BCUT2D eigenvalue weighted by Gasteiger charge is -2.30. The van der Waals surface area contributed by atoms with Crippen molar-refractivity contribution in [1.82, 2.24) is 4.57 Å². The summed E-state index contributed by atoms with van der Waals surface area (Å²) in [4.78, 5) is 12.3. The zero-order chi connectivity index (χ0) is 25.4. The van der Waals surface area contributed by atoms with Crippen molar-refractivity contribution >= 4 is 22.7 Å². The Hall–Kier alpha value is -3.50. The maximum absolute atomic E-state index is 12.3. The largest absolute Gasteiger partial charge is 0.490 e. The van der Waals surface area contributed by atoms with Gasteiger partial charge in [0.05, 0.1) is 30.0 Å². The van der Waals surface area contributed by atoms with Crippen LogP contribution in [0.1, 0.15) is 63.5 Å². The number of nitriles is 1. The minimum absolute atomic E-state index is 0.0593. The molecule has 0 bridgehead atoms. The molecule has 3 fully saturated rings. The highest BCUT2D eigenvalue weighted by molar-refractivity contribution is 5.96. The number of carbonyl (C=O) groups excluding carboxylic acids is 1. The van der Waals surface area contributed by atoms with E-state index in [2.05, 4.69) is 22.0 Å². The maximum Gasteiger partial charge on any atom is 0.411 e. The lowest BCUT2D eigenvalue weighted by Crippen LogP contribution is -2.25. The lowest BCUT2D eigenvalue weighted by molar-refractivity contribution is 0.0256. The van der Waals surface area contributed by atoms with Crippen LogP contribution in [0.2, 0.25) is 0 Å². The van der Waals surface area contributed by atoms with Crippen molar-refractivity contribution in [2.75, 3.05) is 18.5 Å². The molecule has 0 radical (unpaired) electrons. The van der Waals surface area contributed by atoms with Crippen molar-refractivity contribution in [3.63, 3.8) is 0 Å². The van der Waals surface area contributed by atoms with E-state index >= 15 is 0 Å². The van der Waals surface area contributed by atoms with Crippen molar-refractivity contribution in [3.05, 3.63) is 48.0 Å². The van der Waals surface area contributed by atoms with Crippen molar-refractivity contribution in [2.45, 2.75) is 70.1 Å². The smallest absolute Gasteiger partial charge is 0.411 e. The van der Waals surface area contributed by atoms with Crippen LogP contribution in [0.25, 0.3) is 22.2 Å². The third-order valence-electron chi connectivity index (χ3n) is 7.98. The van der Waals surface area contributed by atoms with E-state index in [0.717, 1.165) is 79.6 Å². The second-order valence-corrected chi connectivity index (χ2v) is 10.5. The van der Waals surface area contributed by atoms with E-state index in [-0.39, 0.29) is 12.2 Å². The number of anilines is 1. The minimum atomic E-state index is -0.425. The highest BCUT2D eigenvalue weighted by atomic mass is 16.6. The fourth-order valence-electron chi connectivity index (χ4n) is 5.46. The highest BCUT2D eigenvalue weighted by Crippen LogP contribution is 2.43. The molecular formula is C30H33N3O4. The van der Waals surface area contributed by atoms with Gasteiger partial charge in [0, 0.05) is 30.0 Å². The normalized spacial score (nSPS) is 19.1. The van der Waals surface area contributed by atoms with Gasteiger partial charge in [-0.05, 0) is 80.8 Å². The van der Waals surface area contributed by atoms with E-state index in [4.69, 9.17) is 14.2 Å². The van der Waals surface area contributed by atoms with E-state index in [1.54, 1.807) is 0 Å². The Morgan fingerprint density at radius 3 is 2.49 bits per heavy atom. The van der Waals surface area contributed by atoms with Crippen LogP contribution in [0.15, 0.2) is 42.5 Å². The van der Waals surface area contributed by atoms with Gasteiger partial charge in [-0.3, -0.25) is 5.32 Å². The first-order valence-corrected chi connectivity index (χ1v) is 13.5. The number of amides is 1. The fourth-order valence-corrected chi connectivity index (χ4v) is 5.46. The van der Waals surface area contributed by atoms with Gasteiger partial charge in [-0.25, -0.2) is 4.79 Å². The quantitative estimate of drug-likeness (QED) is 0.386. The number of ether oxygens (including phenoxy) is 3. The molecule has 3 aromatic rings. The molecule has 6 rings (SSSR count). The highest BCUT2D eigenvalue weighted by Gasteiger charge is 2.31. The Morgan fingerprint density at radius 1 is 1.08 bits per heavy atom. The number of hydrogen-bond acceptors (Lipinski definition) is 5. The Bertz CT molecular complexity index is 1330. The number of carbonyl (C=O) groups is 1. The van der Waals surface area contributed by atoms with Gasteiger partial charge in [-0.15, -0.1) is 0 Å². The predicted molar refractivity (Wildman–Crippen MR) is 142 cm³/mol. The average Bonchev–Trinajstić information content (AvgIpc) is 3.68. The molecule has 1 unspecified atom stereocenters. The van der Waals surface area contributed by atoms with Crippen LogP contribution >= 0.6 is 0 Å². The fraction of sp³-hybridized carbons (Fsp3) is 0.467. The number of rotatable bonds is 7. The monoisotopic (exact) mass is 499 g/mol. The molecule has 2 aliphatic carbocycles. The molecule has 7 nitrogen and oxygen atoms in total. The topological polar surface area (TPSA) is 85.5 Å².